The van der Waals surface area contributed by atoms with Gasteiger partial charge in [-0.1, -0.05) is 53.0 Å². The van der Waals surface area contributed by atoms with Gasteiger partial charge in [0.25, 0.3) is 0 Å². The Morgan fingerprint density at radius 1 is 0.815 bits per heavy atom. The monoisotopic (exact) mass is 419 g/mol. The Hall–Kier alpha value is -1.81. The van der Waals surface area contributed by atoms with Gasteiger partial charge in [-0.2, -0.15) is 0 Å². The van der Waals surface area contributed by atoms with Gasteiger partial charge in [0, 0.05) is 35.1 Å². The normalized spacial score (nSPS) is 22.5. The zero-order chi connectivity index (χ0) is 19.1. The summed E-state index contributed by atoms with van der Waals surface area (Å²) < 4.78 is 0. The van der Waals surface area contributed by atoms with Crippen LogP contribution < -0.4 is 5.32 Å². The van der Waals surface area contributed by atoms with Crippen LogP contribution in [0.1, 0.15) is 42.2 Å². The Labute approximate surface area is 172 Å². The van der Waals surface area contributed by atoms with Crippen LogP contribution in [0.15, 0.2) is 53.7 Å². The molecule has 1 N–H and O–H groups in total. The van der Waals surface area contributed by atoms with E-state index in [1.54, 1.807) is 24.3 Å². The van der Waals surface area contributed by atoms with Crippen LogP contribution in [-0.4, -0.2) is 11.7 Å². The summed E-state index contributed by atoms with van der Waals surface area (Å²) in [6, 6.07) is 12.8. The van der Waals surface area contributed by atoms with E-state index in [2.05, 4.69) is 5.32 Å². The molecule has 0 bridgehead atoms. The van der Waals surface area contributed by atoms with Crippen LogP contribution in [0.3, 0.4) is 0 Å². The lowest BCUT2D eigenvalue weighted by Gasteiger charge is -2.34. The third-order valence-electron chi connectivity index (χ3n) is 5.22. The predicted molar refractivity (Wildman–Crippen MR) is 107 cm³/mol. The SMILES string of the molecule is O=C1CC(c2ccc(Cl)cc2)C2=C(CC(c3ccc(Cl)c(Cl)c3)CC2=O)N1. The summed E-state index contributed by atoms with van der Waals surface area (Å²) in [6.07, 6.45) is 1.25. The average molecular weight is 421 g/mol. The first-order valence-corrected chi connectivity index (χ1v) is 9.82. The highest BCUT2D eigenvalue weighted by Gasteiger charge is 2.38. The van der Waals surface area contributed by atoms with Crippen molar-refractivity contribution in [3.8, 4) is 0 Å². The molecule has 2 aromatic rings. The maximum atomic E-state index is 13.0. The molecule has 6 heteroatoms. The fourth-order valence-electron chi connectivity index (χ4n) is 3.94. The Morgan fingerprint density at radius 2 is 1.52 bits per heavy atom. The number of Topliss-reactive ketones (excluding diaryl/α,β-unsaturated/α-hetero) is 1. The van der Waals surface area contributed by atoms with E-state index < -0.39 is 0 Å². The molecule has 0 saturated carbocycles. The minimum Gasteiger partial charge on any atom is -0.329 e. The molecule has 0 spiro atoms. The zero-order valence-electron chi connectivity index (χ0n) is 14.3. The van der Waals surface area contributed by atoms with E-state index in [-0.39, 0.29) is 29.9 Å². The van der Waals surface area contributed by atoms with Crippen LogP contribution in [0.2, 0.25) is 15.1 Å². The van der Waals surface area contributed by atoms with Crippen molar-refractivity contribution in [2.75, 3.05) is 0 Å². The molecular formula is C21H16Cl3NO2. The number of carbonyl (C=O) groups is 2. The Balaban J connectivity index is 1.70. The molecule has 2 aromatic carbocycles. The summed E-state index contributed by atoms with van der Waals surface area (Å²) in [5.41, 5.74) is 3.32. The van der Waals surface area contributed by atoms with Gasteiger partial charge in [0.1, 0.15) is 0 Å². The second kappa shape index (κ2) is 7.31. The maximum Gasteiger partial charge on any atom is 0.225 e. The van der Waals surface area contributed by atoms with Crippen molar-refractivity contribution in [3.63, 3.8) is 0 Å². The van der Waals surface area contributed by atoms with E-state index in [1.807, 2.05) is 18.2 Å². The number of allylic oxidation sites excluding steroid dienone is 2. The largest absolute Gasteiger partial charge is 0.329 e. The van der Waals surface area contributed by atoms with E-state index in [1.165, 1.54) is 0 Å². The highest BCUT2D eigenvalue weighted by atomic mass is 35.5. The summed E-state index contributed by atoms with van der Waals surface area (Å²) in [4.78, 5) is 25.3. The van der Waals surface area contributed by atoms with Crippen molar-refractivity contribution < 1.29 is 9.59 Å². The van der Waals surface area contributed by atoms with E-state index in [0.717, 1.165) is 16.8 Å². The van der Waals surface area contributed by atoms with Crippen molar-refractivity contribution in [1.29, 1.82) is 0 Å². The maximum absolute atomic E-state index is 13.0. The van der Waals surface area contributed by atoms with Crippen LogP contribution in [-0.2, 0) is 9.59 Å². The van der Waals surface area contributed by atoms with Gasteiger partial charge in [0.05, 0.1) is 10.0 Å². The number of hydrogen-bond donors (Lipinski definition) is 1. The third-order valence-corrected chi connectivity index (χ3v) is 6.21. The van der Waals surface area contributed by atoms with Crippen LogP contribution >= 0.6 is 34.8 Å². The molecule has 2 atom stereocenters. The summed E-state index contributed by atoms with van der Waals surface area (Å²) in [7, 11) is 0. The molecule has 3 nitrogen and oxygen atoms in total. The van der Waals surface area contributed by atoms with Crippen molar-refractivity contribution >= 4 is 46.5 Å². The number of amides is 1. The molecule has 1 aliphatic heterocycles. The molecule has 1 amide bonds. The van der Waals surface area contributed by atoms with Crippen LogP contribution in [0.4, 0.5) is 0 Å². The van der Waals surface area contributed by atoms with E-state index in [9.17, 15) is 9.59 Å². The molecule has 0 aromatic heterocycles. The Bertz CT molecular complexity index is 966. The minimum absolute atomic E-state index is 0.0321. The van der Waals surface area contributed by atoms with Gasteiger partial charge < -0.3 is 5.32 Å². The topological polar surface area (TPSA) is 46.2 Å². The fraction of sp³-hybridized carbons (Fsp3) is 0.238. The lowest BCUT2D eigenvalue weighted by molar-refractivity contribution is -0.122. The predicted octanol–water partition coefficient (Wildman–Crippen LogP) is 5.65. The first-order valence-electron chi connectivity index (χ1n) is 8.69. The number of ketones is 1. The second-order valence-corrected chi connectivity index (χ2v) is 8.20. The number of benzene rings is 2. The molecule has 1 aliphatic carbocycles. The second-order valence-electron chi connectivity index (χ2n) is 6.95. The molecule has 0 fully saturated rings. The van der Waals surface area contributed by atoms with E-state index in [4.69, 9.17) is 34.8 Å². The van der Waals surface area contributed by atoms with Crippen LogP contribution in [0.5, 0.6) is 0 Å². The van der Waals surface area contributed by atoms with E-state index >= 15 is 0 Å². The molecule has 0 radical (unpaired) electrons. The van der Waals surface area contributed by atoms with Gasteiger partial charge in [-0.3, -0.25) is 9.59 Å². The summed E-state index contributed by atoms with van der Waals surface area (Å²) in [5, 5.41) is 4.50. The lowest BCUT2D eigenvalue weighted by atomic mass is 9.73. The molecule has 0 saturated heterocycles. The molecular weight excluding hydrogens is 405 g/mol. The number of hydrogen-bond acceptors (Lipinski definition) is 2. The highest BCUT2D eigenvalue weighted by molar-refractivity contribution is 6.42. The highest BCUT2D eigenvalue weighted by Crippen LogP contribution is 2.43. The number of rotatable bonds is 2. The smallest absolute Gasteiger partial charge is 0.225 e. The van der Waals surface area contributed by atoms with Gasteiger partial charge in [0.15, 0.2) is 5.78 Å². The van der Waals surface area contributed by atoms with Gasteiger partial charge >= 0.3 is 0 Å². The zero-order valence-corrected chi connectivity index (χ0v) is 16.5. The Kier molecular flexibility index (Phi) is 5.02. The van der Waals surface area contributed by atoms with Crippen molar-refractivity contribution in [3.05, 3.63) is 79.9 Å². The van der Waals surface area contributed by atoms with Crippen molar-refractivity contribution in [2.45, 2.75) is 31.1 Å². The van der Waals surface area contributed by atoms with Crippen LogP contribution in [0.25, 0.3) is 0 Å². The number of carbonyl (C=O) groups excluding carboxylic acids is 2. The first kappa shape index (κ1) is 18.5. The Morgan fingerprint density at radius 3 is 2.22 bits per heavy atom. The van der Waals surface area contributed by atoms with E-state index in [0.29, 0.717) is 33.5 Å². The first-order chi connectivity index (χ1) is 12.9. The lowest BCUT2D eigenvalue weighted by Crippen LogP contribution is -2.38. The molecule has 1 heterocycles. The van der Waals surface area contributed by atoms with Gasteiger partial charge in [-0.05, 0) is 47.7 Å². The summed E-state index contributed by atoms with van der Waals surface area (Å²) in [6.45, 7) is 0. The third kappa shape index (κ3) is 3.64. The van der Waals surface area contributed by atoms with Crippen molar-refractivity contribution in [2.24, 2.45) is 0 Å². The minimum atomic E-state index is -0.228. The fourth-order valence-corrected chi connectivity index (χ4v) is 4.37. The standard InChI is InChI=1S/C21H16Cl3NO2/c22-14-4-1-11(2-5-14)15-10-20(27)25-18-8-13(9-19(26)21(15)18)12-3-6-16(23)17(24)7-12/h1-7,13,15H,8-10H2,(H,25,27). The molecule has 138 valence electrons. The number of nitrogens with one attached hydrogen (secondary N) is 1. The van der Waals surface area contributed by atoms with Crippen molar-refractivity contribution in [1.82, 2.24) is 5.32 Å². The summed E-state index contributed by atoms with van der Waals surface area (Å²) >= 11 is 18.1. The van der Waals surface area contributed by atoms with Gasteiger partial charge in [0.2, 0.25) is 5.91 Å². The summed E-state index contributed by atoms with van der Waals surface area (Å²) in [5.74, 6) is -0.271. The molecule has 27 heavy (non-hydrogen) atoms. The molecule has 2 aliphatic rings. The molecule has 2 unspecified atom stereocenters. The average Bonchev–Trinajstić information content (AvgIpc) is 2.63. The van der Waals surface area contributed by atoms with Crippen LogP contribution in [0, 0.1) is 0 Å². The molecule has 4 rings (SSSR count). The number of halogens is 3. The van der Waals surface area contributed by atoms with Gasteiger partial charge in [-0.25, -0.2) is 0 Å². The van der Waals surface area contributed by atoms with Gasteiger partial charge in [-0.15, -0.1) is 0 Å². The quantitative estimate of drug-likeness (QED) is 0.682.